The summed E-state index contributed by atoms with van der Waals surface area (Å²) >= 11 is 0. The lowest BCUT2D eigenvalue weighted by molar-refractivity contribution is -0.171. The van der Waals surface area contributed by atoms with Gasteiger partial charge in [-0.3, -0.25) is 4.79 Å². The third kappa shape index (κ3) is 3.97. The molecule has 0 amide bonds. The van der Waals surface area contributed by atoms with Gasteiger partial charge in [-0.2, -0.15) is 0 Å². The summed E-state index contributed by atoms with van der Waals surface area (Å²) in [6, 6.07) is 0. The smallest absolute Gasteiger partial charge is 0.304 e. The SMILES string of the molecule is CCC(OC)OC(C)=O. The van der Waals surface area contributed by atoms with Crippen LogP contribution in [0.25, 0.3) is 0 Å². The fraction of sp³-hybridized carbons (Fsp3) is 0.833. The summed E-state index contributed by atoms with van der Waals surface area (Å²) in [5.74, 6) is -0.302. The highest BCUT2D eigenvalue weighted by Crippen LogP contribution is 1.97. The Balaban J connectivity index is 3.43. The van der Waals surface area contributed by atoms with E-state index in [9.17, 15) is 4.79 Å². The molecule has 0 bridgehead atoms. The average molecular weight is 132 g/mol. The molecule has 0 spiro atoms. The lowest BCUT2D eigenvalue weighted by atomic mass is 10.5. The lowest BCUT2D eigenvalue weighted by Crippen LogP contribution is -2.16. The summed E-state index contributed by atoms with van der Waals surface area (Å²) in [5, 5.41) is 0. The molecule has 0 aromatic rings. The zero-order chi connectivity index (χ0) is 7.28. The van der Waals surface area contributed by atoms with Crippen molar-refractivity contribution in [3.63, 3.8) is 0 Å². The summed E-state index contributed by atoms with van der Waals surface area (Å²) < 4.78 is 9.45. The minimum absolute atomic E-state index is 0.302. The molecule has 9 heavy (non-hydrogen) atoms. The second-order valence-electron chi connectivity index (χ2n) is 1.68. The minimum Gasteiger partial charge on any atom is -0.436 e. The molecule has 0 aromatic carbocycles. The van der Waals surface area contributed by atoms with Gasteiger partial charge in [0, 0.05) is 20.5 Å². The van der Waals surface area contributed by atoms with Crippen LogP contribution in [-0.2, 0) is 14.3 Å². The highest BCUT2D eigenvalue weighted by molar-refractivity contribution is 5.66. The lowest BCUT2D eigenvalue weighted by Gasteiger charge is -2.11. The molecule has 0 aliphatic rings. The molecule has 0 aromatic heterocycles. The quantitative estimate of drug-likeness (QED) is 0.423. The first-order valence-electron chi connectivity index (χ1n) is 2.90. The fourth-order valence-electron chi connectivity index (χ4n) is 0.483. The average Bonchev–Trinajstić information content (AvgIpc) is 1.82. The van der Waals surface area contributed by atoms with Gasteiger partial charge in [0.2, 0.25) is 6.29 Å². The Bertz CT molecular complexity index is 86.3. The molecule has 0 N–H and O–H groups in total. The molecule has 1 unspecified atom stereocenters. The molecule has 1 atom stereocenters. The van der Waals surface area contributed by atoms with E-state index in [1.807, 2.05) is 6.92 Å². The predicted octanol–water partition coefficient (Wildman–Crippen LogP) is 0.932. The zero-order valence-corrected chi connectivity index (χ0v) is 6.01. The molecule has 54 valence electrons. The normalized spacial score (nSPS) is 12.8. The van der Waals surface area contributed by atoms with Crippen molar-refractivity contribution >= 4 is 5.97 Å². The van der Waals surface area contributed by atoms with Gasteiger partial charge in [0.25, 0.3) is 0 Å². The number of carbonyl (C=O) groups is 1. The second kappa shape index (κ2) is 4.32. The number of carbonyl (C=O) groups excluding carboxylic acids is 1. The first-order valence-corrected chi connectivity index (χ1v) is 2.90. The number of hydrogen-bond acceptors (Lipinski definition) is 3. The fourth-order valence-corrected chi connectivity index (χ4v) is 0.483. The third-order valence-electron chi connectivity index (χ3n) is 0.894. The van der Waals surface area contributed by atoms with Crippen LogP contribution in [0.5, 0.6) is 0 Å². The van der Waals surface area contributed by atoms with Crippen molar-refractivity contribution in [2.75, 3.05) is 7.11 Å². The topological polar surface area (TPSA) is 35.5 Å². The second-order valence-corrected chi connectivity index (χ2v) is 1.68. The van der Waals surface area contributed by atoms with Crippen LogP contribution in [-0.4, -0.2) is 19.4 Å². The number of ether oxygens (including phenoxy) is 2. The molecule has 0 saturated carbocycles. The Hall–Kier alpha value is -0.570. The van der Waals surface area contributed by atoms with Crippen LogP contribution in [0.4, 0.5) is 0 Å². The van der Waals surface area contributed by atoms with E-state index in [2.05, 4.69) is 4.74 Å². The Kier molecular flexibility index (Phi) is 4.05. The van der Waals surface area contributed by atoms with Crippen LogP contribution in [0, 0.1) is 0 Å². The van der Waals surface area contributed by atoms with E-state index in [-0.39, 0.29) is 12.3 Å². The summed E-state index contributed by atoms with van der Waals surface area (Å²) in [4.78, 5) is 10.3. The molecule has 0 heterocycles. The van der Waals surface area contributed by atoms with E-state index < -0.39 is 0 Å². The van der Waals surface area contributed by atoms with Crippen molar-refractivity contribution in [1.29, 1.82) is 0 Å². The molecule has 0 saturated heterocycles. The summed E-state index contributed by atoms with van der Waals surface area (Å²) in [6.07, 6.45) is 0.318. The van der Waals surface area contributed by atoms with Gasteiger partial charge >= 0.3 is 5.97 Å². The van der Waals surface area contributed by atoms with Gasteiger partial charge in [-0.15, -0.1) is 0 Å². The van der Waals surface area contributed by atoms with Gasteiger partial charge < -0.3 is 9.47 Å². The van der Waals surface area contributed by atoms with Crippen molar-refractivity contribution in [2.45, 2.75) is 26.6 Å². The molecule has 0 rings (SSSR count). The number of methoxy groups -OCH3 is 1. The molecular formula is C6H12O3. The standard InChI is InChI=1S/C6H12O3/c1-4-6(8-3)9-5(2)7/h6H,4H2,1-3H3. The van der Waals surface area contributed by atoms with E-state index in [4.69, 9.17) is 4.74 Å². The highest BCUT2D eigenvalue weighted by atomic mass is 16.7. The summed E-state index contributed by atoms with van der Waals surface area (Å²) in [6.45, 7) is 3.25. The zero-order valence-electron chi connectivity index (χ0n) is 6.01. The van der Waals surface area contributed by atoms with E-state index in [0.29, 0.717) is 6.42 Å². The molecule has 0 fully saturated rings. The van der Waals surface area contributed by atoms with Crippen molar-refractivity contribution < 1.29 is 14.3 Å². The van der Waals surface area contributed by atoms with E-state index >= 15 is 0 Å². The molecule has 0 aliphatic heterocycles. The third-order valence-corrected chi connectivity index (χ3v) is 0.894. The first-order chi connectivity index (χ1) is 4.20. The molecule has 0 radical (unpaired) electrons. The van der Waals surface area contributed by atoms with E-state index in [1.165, 1.54) is 14.0 Å². The molecule has 3 heteroatoms. The van der Waals surface area contributed by atoms with Crippen LogP contribution in [0.15, 0.2) is 0 Å². The van der Waals surface area contributed by atoms with Crippen LogP contribution < -0.4 is 0 Å². The monoisotopic (exact) mass is 132 g/mol. The highest BCUT2D eigenvalue weighted by Gasteiger charge is 2.05. The van der Waals surface area contributed by atoms with Gasteiger partial charge in [0.15, 0.2) is 0 Å². The van der Waals surface area contributed by atoms with Gasteiger partial charge in [-0.05, 0) is 0 Å². The Morgan fingerprint density at radius 2 is 2.22 bits per heavy atom. The largest absolute Gasteiger partial charge is 0.436 e. The van der Waals surface area contributed by atoms with Crippen molar-refractivity contribution in [3.8, 4) is 0 Å². The van der Waals surface area contributed by atoms with Crippen molar-refractivity contribution in [3.05, 3.63) is 0 Å². The van der Waals surface area contributed by atoms with Crippen LogP contribution in [0.2, 0.25) is 0 Å². The maximum atomic E-state index is 10.3. The van der Waals surface area contributed by atoms with Gasteiger partial charge in [0.05, 0.1) is 0 Å². The molecule has 3 nitrogen and oxygen atoms in total. The number of rotatable bonds is 3. The van der Waals surface area contributed by atoms with Crippen molar-refractivity contribution in [1.82, 2.24) is 0 Å². The van der Waals surface area contributed by atoms with E-state index in [1.54, 1.807) is 0 Å². The molecular weight excluding hydrogens is 120 g/mol. The van der Waals surface area contributed by atoms with Crippen LogP contribution >= 0.6 is 0 Å². The Morgan fingerprint density at radius 1 is 1.67 bits per heavy atom. The van der Waals surface area contributed by atoms with Crippen LogP contribution in [0.1, 0.15) is 20.3 Å². The molecule has 0 aliphatic carbocycles. The maximum absolute atomic E-state index is 10.3. The van der Waals surface area contributed by atoms with Crippen molar-refractivity contribution in [2.24, 2.45) is 0 Å². The predicted molar refractivity (Wildman–Crippen MR) is 32.9 cm³/mol. The van der Waals surface area contributed by atoms with Gasteiger partial charge in [-0.25, -0.2) is 0 Å². The summed E-state index contributed by atoms with van der Waals surface area (Å²) in [5.41, 5.74) is 0. The Morgan fingerprint density at radius 3 is 2.33 bits per heavy atom. The Labute approximate surface area is 55.0 Å². The van der Waals surface area contributed by atoms with Crippen LogP contribution in [0.3, 0.4) is 0 Å². The van der Waals surface area contributed by atoms with Gasteiger partial charge in [0.1, 0.15) is 0 Å². The summed E-state index contributed by atoms with van der Waals surface area (Å²) in [7, 11) is 1.51. The minimum atomic E-state index is -0.373. The van der Waals surface area contributed by atoms with Gasteiger partial charge in [-0.1, -0.05) is 6.92 Å². The maximum Gasteiger partial charge on any atom is 0.304 e. The number of esters is 1. The first kappa shape index (κ1) is 8.43. The van der Waals surface area contributed by atoms with E-state index in [0.717, 1.165) is 0 Å². The number of hydrogen-bond donors (Lipinski definition) is 0.